The molecule has 1 heterocycles. The topological polar surface area (TPSA) is 142 Å². The van der Waals surface area contributed by atoms with Gasteiger partial charge in [-0.2, -0.15) is 13.5 Å². The first-order chi connectivity index (χ1) is 12.4. The van der Waals surface area contributed by atoms with Gasteiger partial charge in [-0.3, -0.25) is 4.98 Å². The van der Waals surface area contributed by atoms with E-state index in [1.54, 1.807) is 19.1 Å². The highest BCUT2D eigenvalue weighted by Gasteiger charge is 2.17. The first-order valence-electron chi connectivity index (χ1n) is 7.56. The highest BCUT2D eigenvalue weighted by molar-refractivity contribution is 7.87. The zero-order chi connectivity index (χ0) is 19.0. The lowest BCUT2D eigenvalue weighted by atomic mass is 10.2. The molecular weight excluding hydrogens is 358 g/mol. The zero-order valence-electron chi connectivity index (χ0n) is 14.1. The Morgan fingerprint density at radius 2 is 2.04 bits per heavy atom. The number of nitrogens with zero attached hydrogens (tertiary/aromatic N) is 3. The lowest BCUT2D eigenvalue weighted by molar-refractivity contribution is 0.329. The van der Waals surface area contributed by atoms with E-state index in [0.29, 0.717) is 18.8 Å². The Morgan fingerprint density at radius 3 is 2.73 bits per heavy atom. The van der Waals surface area contributed by atoms with Gasteiger partial charge in [0.25, 0.3) is 0 Å². The molecule has 0 atom stereocenters. The Morgan fingerprint density at radius 1 is 1.27 bits per heavy atom. The van der Waals surface area contributed by atoms with Crippen LogP contribution in [0.5, 0.6) is 11.5 Å². The van der Waals surface area contributed by atoms with Crippen molar-refractivity contribution in [1.82, 2.24) is 4.98 Å². The molecule has 4 N–H and O–H groups in total. The lowest BCUT2D eigenvalue weighted by Crippen LogP contribution is -2.21. The number of benzene rings is 1. The first kappa shape index (κ1) is 19.2. The first-order valence-corrected chi connectivity index (χ1v) is 8.97. The van der Waals surface area contributed by atoms with E-state index in [2.05, 4.69) is 15.2 Å². The second-order valence-corrected chi connectivity index (χ2v) is 6.71. The van der Waals surface area contributed by atoms with Crippen molar-refractivity contribution in [3.63, 3.8) is 0 Å². The molecule has 0 radical (unpaired) electrons. The molecule has 1 aromatic carbocycles. The molecule has 0 aliphatic rings. The van der Waals surface area contributed by atoms with Crippen molar-refractivity contribution < 1.29 is 17.3 Å². The maximum Gasteiger partial charge on any atom is 0.340 e. The van der Waals surface area contributed by atoms with Crippen LogP contribution in [0.25, 0.3) is 0 Å². The fourth-order valence-corrected chi connectivity index (χ4v) is 2.79. The third kappa shape index (κ3) is 6.06. The molecule has 0 amide bonds. The Hall–Kier alpha value is -3.14. The molecule has 0 saturated heterocycles. The van der Waals surface area contributed by atoms with Gasteiger partial charge in [0.2, 0.25) is 5.96 Å². The number of guanidine groups is 1. The van der Waals surface area contributed by atoms with Crippen LogP contribution in [-0.4, -0.2) is 32.2 Å². The molecule has 2 rings (SSSR count). The summed E-state index contributed by atoms with van der Waals surface area (Å²) in [4.78, 5) is 3.75. The normalized spacial score (nSPS) is 11.3. The standard InChI is InChI=1S/C16H19N5O4S/c1-12-8-13(24-7-3-6-20-21-16(17)18)10-14(9-12)25-26(22,23)15-4-2-5-19-11-15/h2,4-6,8-11H,3,7H2,1H3,(H4,17,18,21)/b20-6-. The number of aromatic nitrogens is 1. The Kier molecular flexibility index (Phi) is 6.50. The minimum Gasteiger partial charge on any atom is -0.493 e. The summed E-state index contributed by atoms with van der Waals surface area (Å²) < 4.78 is 35.2. The molecule has 26 heavy (non-hydrogen) atoms. The van der Waals surface area contributed by atoms with Crippen molar-refractivity contribution in [3.05, 3.63) is 48.3 Å². The molecule has 0 saturated carbocycles. The SMILES string of the molecule is Cc1cc(OCC/C=N\N=C(N)N)cc(OS(=O)(=O)c2cccnc2)c1. The number of ether oxygens (including phenoxy) is 1. The van der Waals surface area contributed by atoms with Gasteiger partial charge in [0.1, 0.15) is 16.4 Å². The van der Waals surface area contributed by atoms with Gasteiger partial charge in [-0.05, 0) is 36.8 Å². The maximum atomic E-state index is 12.3. The van der Waals surface area contributed by atoms with Crippen molar-refractivity contribution in [3.8, 4) is 11.5 Å². The summed E-state index contributed by atoms with van der Waals surface area (Å²) in [5.74, 6) is 0.493. The van der Waals surface area contributed by atoms with Crippen LogP contribution >= 0.6 is 0 Å². The van der Waals surface area contributed by atoms with Crippen molar-refractivity contribution in [1.29, 1.82) is 0 Å². The van der Waals surface area contributed by atoms with Crippen LogP contribution < -0.4 is 20.4 Å². The molecular formula is C16H19N5O4S. The van der Waals surface area contributed by atoms with E-state index in [4.69, 9.17) is 20.4 Å². The van der Waals surface area contributed by atoms with E-state index in [1.807, 2.05) is 0 Å². The fourth-order valence-electron chi connectivity index (χ4n) is 1.91. The molecule has 0 bridgehead atoms. The summed E-state index contributed by atoms with van der Waals surface area (Å²) in [6.45, 7) is 2.11. The smallest absolute Gasteiger partial charge is 0.340 e. The average molecular weight is 377 g/mol. The van der Waals surface area contributed by atoms with Gasteiger partial charge < -0.3 is 20.4 Å². The molecule has 138 valence electrons. The van der Waals surface area contributed by atoms with Crippen molar-refractivity contribution in [2.45, 2.75) is 18.2 Å². The largest absolute Gasteiger partial charge is 0.493 e. The second kappa shape index (κ2) is 8.81. The summed E-state index contributed by atoms with van der Waals surface area (Å²) in [5, 5.41) is 7.10. The van der Waals surface area contributed by atoms with Gasteiger partial charge in [0.05, 0.1) is 6.61 Å². The minimum absolute atomic E-state index is 0.0279. The lowest BCUT2D eigenvalue weighted by Gasteiger charge is -2.10. The summed E-state index contributed by atoms with van der Waals surface area (Å²) in [6.07, 6.45) is 4.67. The van der Waals surface area contributed by atoms with Gasteiger partial charge in [0, 0.05) is 31.1 Å². The number of nitrogens with two attached hydrogens (primary N) is 2. The predicted molar refractivity (Wildman–Crippen MR) is 97.6 cm³/mol. The summed E-state index contributed by atoms with van der Waals surface area (Å²) in [7, 11) is -3.97. The van der Waals surface area contributed by atoms with Crippen LogP contribution in [0.1, 0.15) is 12.0 Å². The summed E-state index contributed by atoms with van der Waals surface area (Å²) in [6, 6.07) is 7.78. The minimum atomic E-state index is -3.97. The van der Waals surface area contributed by atoms with E-state index in [9.17, 15) is 8.42 Å². The number of hydrogen-bond donors (Lipinski definition) is 2. The van der Waals surface area contributed by atoms with Crippen molar-refractivity contribution in [2.24, 2.45) is 21.7 Å². The summed E-state index contributed by atoms with van der Waals surface area (Å²) >= 11 is 0. The van der Waals surface area contributed by atoms with Gasteiger partial charge in [-0.1, -0.05) is 0 Å². The highest BCUT2D eigenvalue weighted by Crippen LogP contribution is 2.25. The number of aryl methyl sites for hydroxylation is 1. The van der Waals surface area contributed by atoms with Crippen LogP contribution in [0, 0.1) is 6.92 Å². The highest BCUT2D eigenvalue weighted by atomic mass is 32.2. The molecule has 0 fully saturated rings. The Labute approximate surface area is 151 Å². The molecule has 10 heteroatoms. The van der Waals surface area contributed by atoms with Gasteiger partial charge in [-0.15, -0.1) is 5.10 Å². The van der Waals surface area contributed by atoms with E-state index in [-0.39, 0.29) is 16.6 Å². The molecule has 9 nitrogen and oxygen atoms in total. The third-order valence-corrected chi connectivity index (χ3v) is 4.15. The van der Waals surface area contributed by atoms with Crippen molar-refractivity contribution in [2.75, 3.05) is 6.61 Å². The van der Waals surface area contributed by atoms with Crippen LogP contribution in [0.3, 0.4) is 0 Å². The van der Waals surface area contributed by atoms with Gasteiger partial charge in [-0.25, -0.2) is 0 Å². The number of hydrogen-bond acceptors (Lipinski definition) is 7. The van der Waals surface area contributed by atoms with Crippen molar-refractivity contribution >= 4 is 22.3 Å². The van der Waals surface area contributed by atoms with Crippen LogP contribution in [-0.2, 0) is 10.1 Å². The Balaban J connectivity index is 2.03. The van der Waals surface area contributed by atoms with Gasteiger partial charge >= 0.3 is 10.1 Å². The quantitative estimate of drug-likeness (QED) is 0.231. The Bertz CT molecular complexity index is 894. The van der Waals surface area contributed by atoms with Crippen LogP contribution in [0.4, 0.5) is 0 Å². The molecule has 2 aromatic rings. The number of rotatable bonds is 8. The predicted octanol–water partition coefficient (Wildman–Crippen LogP) is 1.19. The fraction of sp³-hybridized carbons (Fsp3) is 0.188. The zero-order valence-corrected chi connectivity index (χ0v) is 14.9. The van der Waals surface area contributed by atoms with E-state index in [1.165, 1.54) is 36.8 Å². The second-order valence-electron chi connectivity index (χ2n) is 5.17. The number of pyridine rings is 1. The van der Waals surface area contributed by atoms with E-state index >= 15 is 0 Å². The third-order valence-electron chi connectivity index (χ3n) is 2.92. The van der Waals surface area contributed by atoms with E-state index in [0.717, 1.165) is 5.56 Å². The molecule has 0 aliphatic carbocycles. The summed E-state index contributed by atoms with van der Waals surface area (Å²) in [5.41, 5.74) is 11.1. The molecule has 0 aliphatic heterocycles. The average Bonchev–Trinajstić information content (AvgIpc) is 2.57. The monoisotopic (exact) mass is 377 g/mol. The van der Waals surface area contributed by atoms with Gasteiger partial charge in [0.15, 0.2) is 0 Å². The van der Waals surface area contributed by atoms with E-state index < -0.39 is 10.1 Å². The molecule has 0 spiro atoms. The molecule has 1 aromatic heterocycles. The van der Waals surface area contributed by atoms with Crippen LogP contribution in [0.2, 0.25) is 0 Å². The maximum absolute atomic E-state index is 12.3. The van der Waals surface area contributed by atoms with Crippen LogP contribution in [0.15, 0.2) is 57.8 Å². The molecule has 0 unspecified atom stereocenters.